The van der Waals surface area contributed by atoms with Gasteiger partial charge in [-0.05, 0) is 24.6 Å². The van der Waals surface area contributed by atoms with Crippen molar-refractivity contribution < 1.29 is 18.3 Å². The molecule has 1 aliphatic rings. The van der Waals surface area contributed by atoms with Crippen LogP contribution in [0.4, 0.5) is 0 Å². The molecule has 0 radical (unpaired) electrons. The van der Waals surface area contributed by atoms with Crippen LogP contribution in [0.1, 0.15) is 29.8 Å². The molecule has 0 aliphatic carbocycles. The van der Waals surface area contributed by atoms with E-state index in [-0.39, 0.29) is 22.6 Å². The lowest BCUT2D eigenvalue weighted by atomic mass is 10.1. The van der Waals surface area contributed by atoms with Crippen molar-refractivity contribution >= 4 is 27.8 Å². The van der Waals surface area contributed by atoms with Crippen LogP contribution in [0, 0.1) is 0 Å². The lowest BCUT2D eigenvalue weighted by molar-refractivity contribution is 0.0697. The Balaban J connectivity index is 2.15. The average molecular weight is 329 g/mol. The number of rotatable bonds is 4. The maximum atomic E-state index is 12.5. The molecule has 5 nitrogen and oxygen atoms in total. The quantitative estimate of drug-likeness (QED) is 0.915. The third kappa shape index (κ3) is 3.78. The van der Waals surface area contributed by atoms with Crippen molar-refractivity contribution in [3.63, 3.8) is 0 Å². The highest BCUT2D eigenvalue weighted by atomic mass is 32.2. The van der Waals surface area contributed by atoms with Gasteiger partial charge in [0.25, 0.3) is 0 Å². The van der Waals surface area contributed by atoms with Crippen molar-refractivity contribution in [1.82, 2.24) is 4.31 Å². The molecule has 2 unspecified atom stereocenters. The van der Waals surface area contributed by atoms with E-state index in [9.17, 15) is 13.2 Å². The molecule has 1 saturated heterocycles. The fraction of sp³-hybridized carbons (Fsp3) is 0.500. The summed E-state index contributed by atoms with van der Waals surface area (Å²) in [5.74, 6) is -0.294. The Morgan fingerprint density at radius 3 is 2.52 bits per heavy atom. The molecule has 1 aromatic carbocycles. The smallest absolute Gasteiger partial charge is 0.335 e. The van der Waals surface area contributed by atoms with Gasteiger partial charge in [0.2, 0.25) is 10.0 Å². The van der Waals surface area contributed by atoms with Crippen LogP contribution in [0.2, 0.25) is 0 Å². The van der Waals surface area contributed by atoms with Crippen molar-refractivity contribution in [2.24, 2.45) is 0 Å². The number of carboxylic acid groups (broad SMARTS) is 1. The first-order valence-electron chi connectivity index (χ1n) is 6.74. The second-order valence-electron chi connectivity index (χ2n) is 5.19. The fourth-order valence-electron chi connectivity index (χ4n) is 2.34. The molecule has 2 rings (SSSR count). The molecule has 1 aromatic rings. The number of carbonyl (C=O) groups is 1. The van der Waals surface area contributed by atoms with Gasteiger partial charge in [-0.1, -0.05) is 19.1 Å². The maximum Gasteiger partial charge on any atom is 0.335 e. The Bertz CT molecular complexity index is 612. The van der Waals surface area contributed by atoms with Crippen LogP contribution in [0.15, 0.2) is 24.3 Å². The number of benzene rings is 1. The summed E-state index contributed by atoms with van der Waals surface area (Å²) in [6.45, 7) is 4.51. The van der Waals surface area contributed by atoms with Crippen molar-refractivity contribution in [1.29, 1.82) is 0 Å². The Morgan fingerprint density at radius 1 is 1.33 bits per heavy atom. The van der Waals surface area contributed by atoms with Gasteiger partial charge in [0.05, 0.1) is 11.3 Å². The molecule has 1 aliphatic heterocycles. The summed E-state index contributed by atoms with van der Waals surface area (Å²) in [6.07, 6.45) is 0. The average Bonchev–Trinajstić information content (AvgIpc) is 2.41. The Morgan fingerprint density at radius 2 is 1.95 bits per heavy atom. The second kappa shape index (κ2) is 6.37. The third-order valence-electron chi connectivity index (χ3n) is 3.73. The molecule has 0 spiro atoms. The normalized spacial score (nSPS) is 23.9. The monoisotopic (exact) mass is 329 g/mol. The summed E-state index contributed by atoms with van der Waals surface area (Å²) in [5.41, 5.74) is 0.769. The molecule has 21 heavy (non-hydrogen) atoms. The van der Waals surface area contributed by atoms with Crippen molar-refractivity contribution in [2.45, 2.75) is 30.9 Å². The van der Waals surface area contributed by atoms with E-state index >= 15 is 0 Å². The first-order chi connectivity index (χ1) is 9.81. The van der Waals surface area contributed by atoms with E-state index in [1.54, 1.807) is 28.2 Å². The molecular weight excluding hydrogens is 310 g/mol. The minimum Gasteiger partial charge on any atom is -0.478 e. The molecule has 1 heterocycles. The van der Waals surface area contributed by atoms with Crippen molar-refractivity contribution in [2.75, 3.05) is 12.3 Å². The number of thioether (sulfide) groups is 1. The molecule has 0 bridgehead atoms. The number of carboxylic acids is 1. The Hall–Kier alpha value is -1.05. The molecule has 0 amide bonds. The minimum absolute atomic E-state index is 0.0213. The number of aromatic carboxylic acids is 1. The molecule has 2 atom stereocenters. The van der Waals surface area contributed by atoms with E-state index in [4.69, 9.17) is 5.11 Å². The van der Waals surface area contributed by atoms with Gasteiger partial charge in [-0.25, -0.2) is 13.2 Å². The van der Waals surface area contributed by atoms with E-state index in [0.717, 1.165) is 5.75 Å². The number of hydrogen-bond acceptors (Lipinski definition) is 4. The molecule has 1 fully saturated rings. The van der Waals surface area contributed by atoms with Crippen LogP contribution in [0.3, 0.4) is 0 Å². The highest BCUT2D eigenvalue weighted by molar-refractivity contribution is 8.00. The van der Waals surface area contributed by atoms with Crippen LogP contribution in [-0.4, -0.2) is 47.4 Å². The third-order valence-corrected chi connectivity index (χ3v) is 7.00. The zero-order chi connectivity index (χ0) is 15.6. The van der Waals surface area contributed by atoms with Crippen molar-refractivity contribution in [3.8, 4) is 0 Å². The van der Waals surface area contributed by atoms with Gasteiger partial charge >= 0.3 is 5.97 Å². The minimum atomic E-state index is -3.38. The van der Waals surface area contributed by atoms with Crippen LogP contribution >= 0.6 is 11.8 Å². The fourth-order valence-corrected chi connectivity index (χ4v) is 5.47. The van der Waals surface area contributed by atoms with Gasteiger partial charge < -0.3 is 5.11 Å². The summed E-state index contributed by atoms with van der Waals surface area (Å²) >= 11 is 1.79. The summed E-state index contributed by atoms with van der Waals surface area (Å²) in [5, 5.41) is 9.13. The van der Waals surface area contributed by atoms with Gasteiger partial charge in [0.1, 0.15) is 0 Å². The van der Waals surface area contributed by atoms with Gasteiger partial charge in [-0.15, -0.1) is 0 Å². The predicted molar refractivity (Wildman–Crippen MR) is 84.1 cm³/mol. The molecule has 0 saturated carbocycles. The summed E-state index contributed by atoms with van der Waals surface area (Å²) in [4.78, 5) is 10.8. The zero-order valence-corrected chi connectivity index (χ0v) is 13.7. The first-order valence-corrected chi connectivity index (χ1v) is 9.40. The maximum absolute atomic E-state index is 12.5. The summed E-state index contributed by atoms with van der Waals surface area (Å²) < 4.78 is 26.6. The van der Waals surface area contributed by atoms with E-state index in [2.05, 4.69) is 0 Å². The largest absolute Gasteiger partial charge is 0.478 e. The Kier molecular flexibility index (Phi) is 4.95. The van der Waals surface area contributed by atoms with Crippen molar-refractivity contribution in [3.05, 3.63) is 35.4 Å². The molecular formula is C14H19NO4S2. The lowest BCUT2D eigenvalue weighted by Crippen LogP contribution is -2.48. The molecule has 0 aromatic heterocycles. The van der Waals surface area contributed by atoms with Gasteiger partial charge in [-0.3, -0.25) is 0 Å². The van der Waals surface area contributed by atoms with Crippen LogP contribution < -0.4 is 0 Å². The number of nitrogens with zero attached hydrogens (tertiary/aromatic N) is 1. The van der Waals surface area contributed by atoms with E-state index in [1.165, 1.54) is 12.1 Å². The number of sulfonamides is 1. The molecule has 1 N–H and O–H groups in total. The lowest BCUT2D eigenvalue weighted by Gasteiger charge is -2.36. The summed E-state index contributed by atoms with van der Waals surface area (Å²) in [6, 6.07) is 5.98. The summed E-state index contributed by atoms with van der Waals surface area (Å²) in [7, 11) is -3.38. The van der Waals surface area contributed by atoms with Crippen LogP contribution in [0.25, 0.3) is 0 Å². The Labute approximate surface area is 129 Å². The standard InChI is InChI=1S/C14H19NO4S2/c1-10-11(2)20-8-7-15(10)21(18,19)9-12-3-5-13(6-4-12)14(16)17/h3-6,10-11H,7-9H2,1-2H3,(H,16,17). The molecule has 116 valence electrons. The highest BCUT2D eigenvalue weighted by Crippen LogP contribution is 2.27. The topological polar surface area (TPSA) is 74.7 Å². The molecule has 7 heteroatoms. The number of hydrogen-bond donors (Lipinski definition) is 1. The van der Waals surface area contributed by atoms with Gasteiger partial charge in [0.15, 0.2) is 0 Å². The van der Waals surface area contributed by atoms with Gasteiger partial charge in [-0.2, -0.15) is 16.1 Å². The van der Waals surface area contributed by atoms with Gasteiger partial charge in [0, 0.05) is 23.6 Å². The van der Waals surface area contributed by atoms with Crippen LogP contribution in [0.5, 0.6) is 0 Å². The SMILES string of the molecule is CC1SCCN(S(=O)(=O)Cc2ccc(C(=O)O)cc2)C1C. The van der Waals surface area contributed by atoms with Crippen LogP contribution in [-0.2, 0) is 15.8 Å². The van der Waals surface area contributed by atoms with E-state index in [0.29, 0.717) is 12.1 Å². The van der Waals surface area contributed by atoms with E-state index in [1.807, 2.05) is 13.8 Å². The second-order valence-corrected chi connectivity index (χ2v) is 8.59. The van der Waals surface area contributed by atoms with E-state index < -0.39 is 16.0 Å². The predicted octanol–water partition coefficient (Wildman–Crippen LogP) is 2.04. The highest BCUT2D eigenvalue weighted by Gasteiger charge is 2.33. The first kappa shape index (κ1) is 16.3. The zero-order valence-electron chi connectivity index (χ0n) is 12.0.